The third-order valence-corrected chi connectivity index (χ3v) is 3.12. The highest BCUT2D eigenvalue weighted by atomic mass is 79.9. The van der Waals surface area contributed by atoms with Crippen LogP contribution in [0, 0.1) is 0 Å². The van der Waals surface area contributed by atoms with Crippen LogP contribution in [0.3, 0.4) is 0 Å². The van der Waals surface area contributed by atoms with E-state index in [2.05, 4.69) is 15.9 Å². The lowest BCUT2D eigenvalue weighted by atomic mass is 10.0. The zero-order chi connectivity index (χ0) is 15.3. The molecule has 0 aromatic heterocycles. The molecule has 0 atom stereocenters. The minimum absolute atomic E-state index is 0.106. The number of nitrogens with two attached hydrogens (primary N) is 2. The summed E-state index contributed by atoms with van der Waals surface area (Å²) in [7, 11) is 0. The van der Waals surface area contributed by atoms with Crippen molar-refractivity contribution >= 4 is 27.7 Å². The van der Waals surface area contributed by atoms with Gasteiger partial charge in [0.05, 0.1) is 6.54 Å². The molecule has 4 N–H and O–H groups in total. The average Bonchev–Trinajstić information content (AvgIpc) is 2.28. The van der Waals surface area contributed by atoms with E-state index in [9.17, 15) is 9.59 Å². The van der Waals surface area contributed by atoms with Gasteiger partial charge in [0, 0.05) is 23.0 Å². The SMILES string of the molecule is CC(C)(N)CC(=O)N(CC(N)=O)Cc1ccc(Br)cc1. The average molecular weight is 342 g/mol. The first-order valence-corrected chi connectivity index (χ1v) is 7.06. The lowest BCUT2D eigenvalue weighted by Crippen LogP contribution is -2.43. The van der Waals surface area contributed by atoms with Gasteiger partial charge in [-0.2, -0.15) is 0 Å². The molecule has 0 radical (unpaired) electrons. The van der Waals surface area contributed by atoms with Gasteiger partial charge in [0.1, 0.15) is 0 Å². The fraction of sp³-hybridized carbons (Fsp3) is 0.429. The quantitative estimate of drug-likeness (QED) is 0.819. The Morgan fingerprint density at radius 3 is 2.25 bits per heavy atom. The van der Waals surface area contributed by atoms with E-state index in [0.29, 0.717) is 6.54 Å². The van der Waals surface area contributed by atoms with Gasteiger partial charge in [-0.15, -0.1) is 0 Å². The van der Waals surface area contributed by atoms with Crippen molar-refractivity contribution in [2.24, 2.45) is 11.5 Å². The first-order valence-electron chi connectivity index (χ1n) is 6.27. The number of hydrogen-bond acceptors (Lipinski definition) is 3. The molecule has 0 spiro atoms. The number of rotatable bonds is 6. The van der Waals surface area contributed by atoms with Gasteiger partial charge in [-0.3, -0.25) is 9.59 Å². The van der Waals surface area contributed by atoms with Crippen molar-refractivity contribution in [1.29, 1.82) is 0 Å². The number of carbonyl (C=O) groups excluding carboxylic acids is 2. The van der Waals surface area contributed by atoms with Gasteiger partial charge in [-0.25, -0.2) is 0 Å². The highest BCUT2D eigenvalue weighted by molar-refractivity contribution is 9.10. The highest BCUT2D eigenvalue weighted by Gasteiger charge is 2.22. The van der Waals surface area contributed by atoms with Gasteiger partial charge in [0.15, 0.2) is 0 Å². The Morgan fingerprint density at radius 2 is 1.80 bits per heavy atom. The molecule has 0 bridgehead atoms. The van der Waals surface area contributed by atoms with E-state index in [1.54, 1.807) is 13.8 Å². The summed E-state index contributed by atoms with van der Waals surface area (Å²) in [6.07, 6.45) is 0.164. The predicted molar refractivity (Wildman–Crippen MR) is 81.6 cm³/mol. The Bertz CT molecular complexity index is 480. The minimum Gasteiger partial charge on any atom is -0.368 e. The van der Waals surface area contributed by atoms with Crippen molar-refractivity contribution in [3.05, 3.63) is 34.3 Å². The van der Waals surface area contributed by atoms with Crippen LogP contribution in [0.5, 0.6) is 0 Å². The fourth-order valence-corrected chi connectivity index (χ4v) is 2.00. The van der Waals surface area contributed by atoms with Crippen molar-refractivity contribution in [2.45, 2.75) is 32.4 Å². The molecule has 5 nitrogen and oxygen atoms in total. The van der Waals surface area contributed by atoms with Crippen molar-refractivity contribution in [2.75, 3.05) is 6.54 Å². The summed E-state index contributed by atoms with van der Waals surface area (Å²) in [5.74, 6) is -0.718. The lowest BCUT2D eigenvalue weighted by Gasteiger charge is -2.26. The second kappa shape index (κ2) is 6.85. The van der Waals surface area contributed by atoms with E-state index < -0.39 is 11.4 Å². The fourth-order valence-electron chi connectivity index (χ4n) is 1.73. The molecule has 0 aliphatic rings. The molecule has 110 valence electrons. The molecule has 0 heterocycles. The maximum absolute atomic E-state index is 12.2. The number of amides is 2. The summed E-state index contributed by atoms with van der Waals surface area (Å²) in [6.45, 7) is 3.77. The lowest BCUT2D eigenvalue weighted by molar-refractivity contribution is -0.136. The Labute approximate surface area is 127 Å². The summed E-state index contributed by atoms with van der Waals surface area (Å²) < 4.78 is 0.956. The van der Waals surface area contributed by atoms with Crippen LogP contribution in [-0.2, 0) is 16.1 Å². The molecule has 0 saturated heterocycles. The standard InChI is InChI=1S/C14H20BrN3O2/c1-14(2,17)7-13(20)18(9-12(16)19)8-10-3-5-11(15)6-4-10/h3-6H,7-9,17H2,1-2H3,(H2,16,19). The predicted octanol–water partition coefficient (Wildman–Crippen LogP) is 1.39. The monoisotopic (exact) mass is 341 g/mol. The Morgan fingerprint density at radius 1 is 1.25 bits per heavy atom. The molecule has 20 heavy (non-hydrogen) atoms. The summed E-state index contributed by atoms with van der Waals surface area (Å²) >= 11 is 3.35. The molecule has 0 aliphatic heterocycles. The van der Waals surface area contributed by atoms with E-state index in [0.717, 1.165) is 10.0 Å². The molecule has 1 aromatic rings. The first-order chi connectivity index (χ1) is 9.17. The van der Waals surface area contributed by atoms with Crippen molar-refractivity contribution < 1.29 is 9.59 Å². The van der Waals surface area contributed by atoms with E-state index in [-0.39, 0.29) is 18.9 Å². The summed E-state index contributed by atoms with van der Waals surface area (Å²) in [5.41, 5.74) is 11.4. The Kier molecular flexibility index (Phi) is 5.71. The second-order valence-electron chi connectivity index (χ2n) is 5.51. The zero-order valence-electron chi connectivity index (χ0n) is 11.7. The first kappa shape index (κ1) is 16.7. The van der Waals surface area contributed by atoms with Crippen LogP contribution in [-0.4, -0.2) is 28.8 Å². The van der Waals surface area contributed by atoms with Crippen LogP contribution in [0.4, 0.5) is 0 Å². The maximum Gasteiger partial charge on any atom is 0.237 e. The smallest absolute Gasteiger partial charge is 0.237 e. The van der Waals surface area contributed by atoms with Crippen LogP contribution in [0.25, 0.3) is 0 Å². The van der Waals surface area contributed by atoms with Crippen LogP contribution in [0.2, 0.25) is 0 Å². The molecule has 0 saturated carbocycles. The van der Waals surface area contributed by atoms with E-state index in [1.165, 1.54) is 4.90 Å². The molecule has 6 heteroatoms. The van der Waals surface area contributed by atoms with Gasteiger partial charge in [0.25, 0.3) is 0 Å². The van der Waals surface area contributed by atoms with Gasteiger partial charge in [-0.05, 0) is 31.5 Å². The second-order valence-corrected chi connectivity index (χ2v) is 6.42. The summed E-state index contributed by atoms with van der Waals surface area (Å²) in [6, 6.07) is 7.54. The maximum atomic E-state index is 12.2. The van der Waals surface area contributed by atoms with Gasteiger partial charge in [0.2, 0.25) is 11.8 Å². The number of primary amides is 1. The number of halogens is 1. The van der Waals surface area contributed by atoms with Crippen molar-refractivity contribution in [3.8, 4) is 0 Å². The van der Waals surface area contributed by atoms with Crippen LogP contribution >= 0.6 is 15.9 Å². The van der Waals surface area contributed by atoms with Crippen LogP contribution in [0.15, 0.2) is 28.7 Å². The largest absolute Gasteiger partial charge is 0.368 e. The molecule has 0 aliphatic carbocycles. The Balaban J connectivity index is 2.81. The van der Waals surface area contributed by atoms with Gasteiger partial charge in [-0.1, -0.05) is 28.1 Å². The summed E-state index contributed by atoms with van der Waals surface area (Å²) in [4.78, 5) is 24.7. The van der Waals surface area contributed by atoms with Gasteiger partial charge < -0.3 is 16.4 Å². The van der Waals surface area contributed by atoms with E-state index in [4.69, 9.17) is 11.5 Å². The topological polar surface area (TPSA) is 89.4 Å². The number of benzene rings is 1. The van der Waals surface area contributed by atoms with Crippen molar-refractivity contribution in [3.63, 3.8) is 0 Å². The molecular formula is C14H20BrN3O2. The zero-order valence-corrected chi connectivity index (χ0v) is 13.3. The van der Waals surface area contributed by atoms with E-state index >= 15 is 0 Å². The number of carbonyl (C=O) groups is 2. The molecule has 0 fully saturated rings. The number of hydrogen-bond donors (Lipinski definition) is 2. The summed E-state index contributed by atoms with van der Waals surface area (Å²) in [5, 5.41) is 0. The molecule has 1 aromatic carbocycles. The third-order valence-electron chi connectivity index (χ3n) is 2.59. The molecule has 0 unspecified atom stereocenters. The highest BCUT2D eigenvalue weighted by Crippen LogP contribution is 2.14. The van der Waals surface area contributed by atoms with Crippen LogP contribution < -0.4 is 11.5 Å². The van der Waals surface area contributed by atoms with Gasteiger partial charge >= 0.3 is 0 Å². The van der Waals surface area contributed by atoms with E-state index in [1.807, 2.05) is 24.3 Å². The third kappa shape index (κ3) is 6.16. The molecular weight excluding hydrogens is 322 g/mol. The normalized spacial score (nSPS) is 11.2. The minimum atomic E-state index is -0.618. The molecule has 2 amide bonds. The number of nitrogens with zero attached hydrogens (tertiary/aromatic N) is 1. The molecule has 1 rings (SSSR count). The van der Waals surface area contributed by atoms with Crippen LogP contribution in [0.1, 0.15) is 25.8 Å². The van der Waals surface area contributed by atoms with Crippen molar-refractivity contribution in [1.82, 2.24) is 4.90 Å². The Hall–Kier alpha value is -1.40.